The molecule has 4 heteroatoms. The van der Waals surface area contributed by atoms with Crippen LogP contribution in [0.4, 0.5) is 17.1 Å². The lowest BCUT2D eigenvalue weighted by Crippen LogP contribution is -2.10. The summed E-state index contributed by atoms with van der Waals surface area (Å²) in [6.07, 6.45) is 8.02. The minimum Gasteiger partial charge on any atom is -0.310 e. The normalized spacial score (nSPS) is 12.4. The maximum absolute atomic E-state index is 6.93. The Morgan fingerprint density at radius 3 is 2.24 bits per heavy atom. The number of halogens is 1. The highest BCUT2D eigenvalue weighted by molar-refractivity contribution is 7.27. The molecule has 0 saturated carbocycles. The summed E-state index contributed by atoms with van der Waals surface area (Å²) >= 11 is 10.6. The molecule has 0 radical (unpaired) electrons. The number of fused-ring (bicyclic) bond motifs is 8. The molecule has 8 rings (SSSR count). The molecule has 2 heterocycles. The van der Waals surface area contributed by atoms with Crippen LogP contribution in [0.1, 0.15) is 12.5 Å². The molecule has 8 aromatic rings. The Bertz CT molecular complexity index is 2480. The van der Waals surface area contributed by atoms with Gasteiger partial charge in [0, 0.05) is 51.7 Å². The fourth-order valence-electron chi connectivity index (χ4n) is 6.39. The molecule has 2 aromatic heterocycles. The minimum absolute atomic E-state index is 0.801. The summed E-state index contributed by atoms with van der Waals surface area (Å²) < 4.78 is 5.03. The smallest absolute Gasteiger partial charge is 0.0554 e. The van der Waals surface area contributed by atoms with Gasteiger partial charge in [0.05, 0.1) is 10.7 Å². The second-order valence-corrected chi connectivity index (χ2v) is 13.6. The SMILES string of the molecule is C=C/C=C\C(=C/C)c1ccc(N(c2ccc3c(c2)sc2c4ccccc4cc(Cl)c32)c2cccc3sc4ccccc4c23)cc1. The molecule has 6 aromatic carbocycles. The van der Waals surface area contributed by atoms with E-state index < -0.39 is 0 Å². The molecule has 0 atom stereocenters. The Morgan fingerprint density at radius 2 is 1.42 bits per heavy atom. The highest BCUT2D eigenvalue weighted by Gasteiger charge is 2.20. The largest absolute Gasteiger partial charge is 0.310 e. The third kappa shape index (κ3) is 4.67. The van der Waals surface area contributed by atoms with Crippen molar-refractivity contribution in [3.63, 3.8) is 0 Å². The number of hydrogen-bond acceptors (Lipinski definition) is 3. The van der Waals surface area contributed by atoms with Crippen molar-refractivity contribution in [2.45, 2.75) is 6.92 Å². The molecular weight excluding hydrogens is 606 g/mol. The van der Waals surface area contributed by atoms with E-state index in [1.54, 1.807) is 0 Å². The van der Waals surface area contributed by atoms with Gasteiger partial charge in [-0.3, -0.25) is 0 Å². The zero-order valence-corrected chi connectivity index (χ0v) is 27.0. The monoisotopic (exact) mass is 633 g/mol. The number of thiophene rings is 2. The maximum Gasteiger partial charge on any atom is 0.0554 e. The molecule has 0 aliphatic heterocycles. The van der Waals surface area contributed by atoms with Crippen LogP contribution < -0.4 is 4.90 Å². The summed E-state index contributed by atoms with van der Waals surface area (Å²) in [6.45, 7) is 5.91. The van der Waals surface area contributed by atoms with Gasteiger partial charge in [-0.2, -0.15) is 0 Å². The van der Waals surface area contributed by atoms with Crippen molar-refractivity contribution < 1.29 is 0 Å². The third-order valence-corrected chi connectivity index (χ3v) is 11.1. The van der Waals surface area contributed by atoms with Crippen LogP contribution in [0.2, 0.25) is 5.02 Å². The van der Waals surface area contributed by atoms with Crippen molar-refractivity contribution in [2.24, 2.45) is 0 Å². The first-order valence-corrected chi connectivity index (χ1v) is 17.0. The van der Waals surface area contributed by atoms with E-state index in [-0.39, 0.29) is 0 Å². The number of rotatable bonds is 6. The fraction of sp³-hybridized carbons (Fsp3) is 0.0244. The summed E-state index contributed by atoms with van der Waals surface area (Å²) in [4.78, 5) is 2.41. The number of nitrogens with zero attached hydrogens (tertiary/aromatic N) is 1. The molecule has 45 heavy (non-hydrogen) atoms. The molecule has 0 fully saturated rings. The van der Waals surface area contributed by atoms with Crippen molar-refractivity contribution in [1.82, 2.24) is 0 Å². The standard InChI is InChI=1S/C41H28ClNS2/c1-3-5-11-26(4-2)27-18-20-29(21-19-27)43(35-15-10-17-37-40(35)32-14-8-9-16-36(32)44-37)30-22-23-33-38(25-30)45-41-31-13-7-6-12-28(31)24-34(42)39(33)41/h3-25H,1H2,2H3/b11-5-,26-4+. The highest BCUT2D eigenvalue weighted by Crippen LogP contribution is 2.48. The molecule has 0 spiro atoms. The van der Waals surface area contributed by atoms with Crippen LogP contribution in [0.5, 0.6) is 0 Å². The summed E-state index contributed by atoms with van der Waals surface area (Å²) in [5.41, 5.74) is 5.71. The summed E-state index contributed by atoms with van der Waals surface area (Å²) in [7, 11) is 0. The van der Waals surface area contributed by atoms with Crippen LogP contribution in [0.15, 0.2) is 146 Å². The van der Waals surface area contributed by atoms with Crippen molar-refractivity contribution in [2.75, 3.05) is 4.90 Å². The van der Waals surface area contributed by atoms with E-state index in [2.05, 4.69) is 146 Å². The van der Waals surface area contributed by atoms with Gasteiger partial charge in [-0.25, -0.2) is 0 Å². The van der Waals surface area contributed by atoms with Crippen LogP contribution in [-0.2, 0) is 0 Å². The lowest BCUT2D eigenvalue weighted by atomic mass is 10.0. The van der Waals surface area contributed by atoms with E-state index in [4.69, 9.17) is 11.6 Å². The Hall–Kier alpha value is -4.67. The Balaban J connectivity index is 1.37. The van der Waals surface area contributed by atoms with Crippen molar-refractivity contribution in [3.05, 3.63) is 157 Å². The molecule has 0 aliphatic rings. The molecule has 0 aliphatic carbocycles. The third-order valence-electron chi connectivity index (χ3n) is 8.46. The van der Waals surface area contributed by atoms with Gasteiger partial charge in [-0.1, -0.05) is 109 Å². The first-order valence-electron chi connectivity index (χ1n) is 14.9. The zero-order chi connectivity index (χ0) is 30.5. The molecule has 0 bridgehead atoms. The molecule has 0 amide bonds. The summed E-state index contributed by atoms with van der Waals surface area (Å²) in [5.74, 6) is 0. The van der Waals surface area contributed by atoms with Crippen LogP contribution >= 0.6 is 34.3 Å². The number of hydrogen-bond donors (Lipinski definition) is 0. The van der Waals surface area contributed by atoms with E-state index in [1.807, 2.05) is 34.8 Å². The average molecular weight is 634 g/mol. The van der Waals surface area contributed by atoms with Crippen LogP contribution in [0.3, 0.4) is 0 Å². The quantitative estimate of drug-likeness (QED) is 0.165. The number of allylic oxidation sites excluding steroid dienone is 5. The van der Waals surface area contributed by atoms with Crippen LogP contribution in [0, 0.1) is 0 Å². The average Bonchev–Trinajstić information content (AvgIpc) is 3.65. The van der Waals surface area contributed by atoms with Crippen LogP contribution in [0.25, 0.3) is 56.7 Å². The van der Waals surface area contributed by atoms with Gasteiger partial charge in [-0.05, 0) is 77.4 Å². The van der Waals surface area contributed by atoms with E-state index in [9.17, 15) is 0 Å². The van der Waals surface area contributed by atoms with E-state index in [0.717, 1.165) is 27.4 Å². The summed E-state index contributed by atoms with van der Waals surface area (Å²) in [6, 6.07) is 41.7. The zero-order valence-electron chi connectivity index (χ0n) is 24.6. The Morgan fingerprint density at radius 1 is 0.689 bits per heavy atom. The number of anilines is 3. The van der Waals surface area contributed by atoms with Crippen LogP contribution in [-0.4, -0.2) is 0 Å². The topological polar surface area (TPSA) is 3.24 Å². The number of benzene rings is 6. The molecule has 0 unspecified atom stereocenters. The predicted octanol–water partition coefficient (Wildman–Crippen LogP) is 13.8. The molecule has 216 valence electrons. The van der Waals surface area contributed by atoms with Crippen molar-refractivity contribution in [3.8, 4) is 0 Å². The highest BCUT2D eigenvalue weighted by atomic mass is 35.5. The lowest BCUT2D eigenvalue weighted by Gasteiger charge is -2.27. The predicted molar refractivity (Wildman–Crippen MR) is 202 cm³/mol. The van der Waals surface area contributed by atoms with Crippen molar-refractivity contribution in [1.29, 1.82) is 0 Å². The second-order valence-electron chi connectivity index (χ2n) is 11.0. The first kappa shape index (κ1) is 27.8. The maximum atomic E-state index is 6.93. The van der Waals surface area contributed by atoms with Crippen molar-refractivity contribution >= 4 is 108 Å². The van der Waals surface area contributed by atoms with Gasteiger partial charge >= 0.3 is 0 Å². The molecular formula is C41H28ClNS2. The van der Waals surface area contributed by atoms with E-state index in [1.165, 1.54) is 57.0 Å². The molecule has 0 N–H and O–H groups in total. The Kier molecular flexibility index (Phi) is 7.03. The first-order chi connectivity index (χ1) is 22.1. The second kappa shape index (κ2) is 11.4. The molecule has 1 nitrogen and oxygen atoms in total. The van der Waals surface area contributed by atoms with E-state index in [0.29, 0.717) is 0 Å². The van der Waals surface area contributed by atoms with Gasteiger partial charge in [-0.15, -0.1) is 22.7 Å². The van der Waals surface area contributed by atoms with E-state index >= 15 is 0 Å². The fourth-order valence-corrected chi connectivity index (χ4v) is 9.19. The van der Waals surface area contributed by atoms with Gasteiger partial charge in [0.15, 0.2) is 0 Å². The lowest BCUT2D eigenvalue weighted by molar-refractivity contribution is 1.30. The minimum atomic E-state index is 0.801. The van der Waals surface area contributed by atoms with Gasteiger partial charge in [0.1, 0.15) is 0 Å². The van der Waals surface area contributed by atoms with Gasteiger partial charge in [0.25, 0.3) is 0 Å². The molecule has 0 saturated heterocycles. The Labute approximate surface area is 275 Å². The van der Waals surface area contributed by atoms with Gasteiger partial charge in [0.2, 0.25) is 0 Å². The van der Waals surface area contributed by atoms with Gasteiger partial charge < -0.3 is 4.90 Å². The summed E-state index contributed by atoms with van der Waals surface area (Å²) in [5, 5.41) is 8.09.